The summed E-state index contributed by atoms with van der Waals surface area (Å²) < 4.78 is 5.17. The third-order valence-corrected chi connectivity index (χ3v) is 3.56. The van der Waals surface area contributed by atoms with Crippen LogP contribution < -0.4 is 15.4 Å². The second-order valence-electron chi connectivity index (χ2n) is 5.08. The van der Waals surface area contributed by atoms with Crippen LogP contribution in [0.2, 0.25) is 0 Å². The van der Waals surface area contributed by atoms with Gasteiger partial charge in [-0.25, -0.2) is 0 Å². The van der Waals surface area contributed by atoms with Gasteiger partial charge >= 0.3 is 0 Å². The van der Waals surface area contributed by atoms with Gasteiger partial charge in [0.2, 0.25) is 5.91 Å². The molecule has 1 aromatic rings. The average Bonchev–Trinajstić information content (AvgIpc) is 2.42. The Kier molecular flexibility index (Phi) is 4.80. The van der Waals surface area contributed by atoms with Crippen molar-refractivity contribution in [2.24, 2.45) is 0 Å². The van der Waals surface area contributed by atoms with E-state index in [1.54, 1.807) is 7.11 Å². The van der Waals surface area contributed by atoms with E-state index in [-0.39, 0.29) is 11.9 Å². The first-order valence-electron chi connectivity index (χ1n) is 6.82. The molecule has 4 nitrogen and oxygen atoms in total. The molecule has 1 amide bonds. The van der Waals surface area contributed by atoms with Gasteiger partial charge in [0.05, 0.1) is 13.5 Å². The molecule has 0 saturated carbocycles. The van der Waals surface area contributed by atoms with Crippen LogP contribution in [0.1, 0.15) is 24.0 Å². The van der Waals surface area contributed by atoms with Crippen LogP contribution in [0.3, 0.4) is 0 Å². The van der Waals surface area contributed by atoms with Gasteiger partial charge in [-0.15, -0.1) is 0 Å². The summed E-state index contributed by atoms with van der Waals surface area (Å²) in [6.45, 7) is 3.95. The van der Waals surface area contributed by atoms with E-state index in [0.29, 0.717) is 6.42 Å². The van der Waals surface area contributed by atoms with E-state index in [9.17, 15) is 4.79 Å². The molecule has 1 aliphatic rings. The van der Waals surface area contributed by atoms with Crippen LogP contribution in [-0.2, 0) is 11.2 Å². The normalized spacial score (nSPS) is 18.9. The number of piperidine rings is 1. The summed E-state index contributed by atoms with van der Waals surface area (Å²) in [6, 6.07) is 6.11. The molecule has 2 N–H and O–H groups in total. The highest BCUT2D eigenvalue weighted by Crippen LogP contribution is 2.17. The second kappa shape index (κ2) is 6.57. The van der Waals surface area contributed by atoms with Crippen molar-refractivity contribution in [3.8, 4) is 5.75 Å². The van der Waals surface area contributed by atoms with Gasteiger partial charge in [-0.3, -0.25) is 4.79 Å². The molecule has 1 atom stereocenters. The Hall–Kier alpha value is -1.55. The van der Waals surface area contributed by atoms with Crippen molar-refractivity contribution in [2.75, 3.05) is 20.2 Å². The maximum atomic E-state index is 12.0. The number of hydrogen-bond acceptors (Lipinski definition) is 3. The van der Waals surface area contributed by atoms with Crippen LogP contribution in [0, 0.1) is 6.92 Å². The lowest BCUT2D eigenvalue weighted by atomic mass is 10.0. The fraction of sp³-hybridized carbons (Fsp3) is 0.533. The highest BCUT2D eigenvalue weighted by atomic mass is 16.5. The van der Waals surface area contributed by atoms with Crippen LogP contribution in [0.5, 0.6) is 5.75 Å². The minimum absolute atomic E-state index is 0.0990. The maximum Gasteiger partial charge on any atom is 0.224 e. The Bertz CT molecular complexity index is 440. The molecular weight excluding hydrogens is 240 g/mol. The molecule has 0 aromatic heterocycles. The van der Waals surface area contributed by atoms with Crippen LogP contribution in [-0.4, -0.2) is 32.1 Å². The van der Waals surface area contributed by atoms with Gasteiger partial charge in [0.15, 0.2) is 0 Å². The van der Waals surface area contributed by atoms with Crippen LogP contribution >= 0.6 is 0 Å². The molecule has 2 rings (SSSR count). The van der Waals surface area contributed by atoms with E-state index in [2.05, 4.69) is 10.6 Å². The number of aryl methyl sites for hydroxylation is 1. The topological polar surface area (TPSA) is 50.4 Å². The monoisotopic (exact) mass is 262 g/mol. The zero-order chi connectivity index (χ0) is 13.7. The van der Waals surface area contributed by atoms with E-state index in [1.807, 2.05) is 25.1 Å². The van der Waals surface area contributed by atoms with Crippen molar-refractivity contribution < 1.29 is 9.53 Å². The lowest BCUT2D eigenvalue weighted by Gasteiger charge is -2.24. The molecule has 0 bridgehead atoms. The molecule has 1 aromatic carbocycles. The van der Waals surface area contributed by atoms with Crippen molar-refractivity contribution in [1.29, 1.82) is 0 Å². The second-order valence-corrected chi connectivity index (χ2v) is 5.08. The van der Waals surface area contributed by atoms with Crippen LogP contribution in [0.4, 0.5) is 0 Å². The molecule has 0 radical (unpaired) electrons. The molecule has 4 heteroatoms. The Morgan fingerprint density at radius 2 is 2.37 bits per heavy atom. The maximum absolute atomic E-state index is 12.0. The summed E-state index contributed by atoms with van der Waals surface area (Å²) in [6.07, 6.45) is 2.64. The SMILES string of the molecule is COc1ccc(CC(=O)NC2CCCNC2)c(C)c1. The predicted molar refractivity (Wildman–Crippen MR) is 75.5 cm³/mol. The average molecular weight is 262 g/mol. The van der Waals surface area contributed by atoms with Gasteiger partial charge in [0, 0.05) is 12.6 Å². The van der Waals surface area contributed by atoms with Crippen molar-refractivity contribution in [2.45, 2.75) is 32.2 Å². The van der Waals surface area contributed by atoms with Crippen LogP contribution in [0.25, 0.3) is 0 Å². The van der Waals surface area contributed by atoms with Crippen molar-refractivity contribution >= 4 is 5.91 Å². The molecular formula is C15H22N2O2. The number of benzene rings is 1. The Morgan fingerprint density at radius 1 is 1.53 bits per heavy atom. The summed E-state index contributed by atoms with van der Waals surface area (Å²) in [7, 11) is 1.65. The van der Waals surface area contributed by atoms with Gasteiger partial charge in [-0.05, 0) is 49.6 Å². The van der Waals surface area contributed by atoms with Gasteiger partial charge in [0.1, 0.15) is 5.75 Å². The Labute approximate surface area is 114 Å². The summed E-state index contributed by atoms with van der Waals surface area (Å²) in [4.78, 5) is 12.0. The number of rotatable bonds is 4. The number of amides is 1. The zero-order valence-corrected chi connectivity index (χ0v) is 11.7. The van der Waals surface area contributed by atoms with Gasteiger partial charge in [-0.2, -0.15) is 0 Å². The molecule has 1 fully saturated rings. The van der Waals surface area contributed by atoms with Crippen molar-refractivity contribution in [1.82, 2.24) is 10.6 Å². The molecule has 19 heavy (non-hydrogen) atoms. The summed E-state index contributed by atoms with van der Waals surface area (Å²) >= 11 is 0. The zero-order valence-electron chi connectivity index (χ0n) is 11.7. The molecule has 1 unspecified atom stereocenters. The number of hydrogen-bond donors (Lipinski definition) is 2. The number of methoxy groups -OCH3 is 1. The third-order valence-electron chi connectivity index (χ3n) is 3.56. The van der Waals surface area contributed by atoms with E-state index in [0.717, 1.165) is 42.8 Å². The van der Waals surface area contributed by atoms with E-state index < -0.39 is 0 Å². The summed E-state index contributed by atoms with van der Waals surface area (Å²) in [5.74, 6) is 0.931. The molecule has 0 aliphatic carbocycles. The first-order chi connectivity index (χ1) is 9.19. The first kappa shape index (κ1) is 13.9. The Morgan fingerprint density at radius 3 is 3.00 bits per heavy atom. The molecule has 1 aliphatic heterocycles. The first-order valence-corrected chi connectivity index (χ1v) is 6.82. The van der Waals surface area contributed by atoms with Gasteiger partial charge in [0.25, 0.3) is 0 Å². The largest absolute Gasteiger partial charge is 0.497 e. The number of carbonyl (C=O) groups is 1. The highest BCUT2D eigenvalue weighted by Gasteiger charge is 2.15. The fourth-order valence-corrected chi connectivity index (χ4v) is 2.42. The summed E-state index contributed by atoms with van der Waals surface area (Å²) in [5.41, 5.74) is 2.15. The number of carbonyl (C=O) groups excluding carboxylic acids is 1. The predicted octanol–water partition coefficient (Wildman–Crippen LogP) is 1.41. The van der Waals surface area contributed by atoms with Gasteiger partial charge in [-0.1, -0.05) is 6.07 Å². The molecule has 0 spiro atoms. The van der Waals surface area contributed by atoms with Crippen molar-refractivity contribution in [3.63, 3.8) is 0 Å². The van der Waals surface area contributed by atoms with E-state index >= 15 is 0 Å². The molecule has 1 saturated heterocycles. The number of nitrogens with one attached hydrogen (secondary N) is 2. The van der Waals surface area contributed by atoms with E-state index in [4.69, 9.17) is 4.74 Å². The lowest BCUT2D eigenvalue weighted by molar-refractivity contribution is -0.121. The van der Waals surface area contributed by atoms with E-state index in [1.165, 1.54) is 0 Å². The standard InChI is InChI=1S/C15H22N2O2/c1-11-8-14(19-2)6-5-12(11)9-15(18)17-13-4-3-7-16-10-13/h5-6,8,13,16H,3-4,7,9-10H2,1-2H3,(H,17,18). The molecule has 1 heterocycles. The Balaban J connectivity index is 1.91. The third kappa shape index (κ3) is 3.96. The van der Waals surface area contributed by atoms with Gasteiger partial charge < -0.3 is 15.4 Å². The molecule has 104 valence electrons. The number of ether oxygens (including phenoxy) is 1. The smallest absolute Gasteiger partial charge is 0.224 e. The van der Waals surface area contributed by atoms with Crippen molar-refractivity contribution in [3.05, 3.63) is 29.3 Å². The minimum Gasteiger partial charge on any atom is -0.497 e. The highest BCUT2D eigenvalue weighted by molar-refractivity contribution is 5.79. The minimum atomic E-state index is 0.0990. The van der Waals surface area contributed by atoms with Crippen LogP contribution in [0.15, 0.2) is 18.2 Å². The fourth-order valence-electron chi connectivity index (χ4n) is 2.42. The summed E-state index contributed by atoms with van der Waals surface area (Å²) in [5, 5.41) is 6.39. The lowest BCUT2D eigenvalue weighted by Crippen LogP contribution is -2.46. The quantitative estimate of drug-likeness (QED) is 0.862.